The van der Waals surface area contributed by atoms with E-state index in [1.807, 2.05) is 35.5 Å². The van der Waals surface area contributed by atoms with E-state index < -0.39 is 0 Å². The van der Waals surface area contributed by atoms with E-state index >= 15 is 0 Å². The number of fused-ring (bicyclic) bond motifs is 1. The smallest absolute Gasteiger partial charge is 0.251 e. The lowest BCUT2D eigenvalue weighted by Gasteiger charge is -2.21. The molecule has 1 aliphatic heterocycles. The van der Waals surface area contributed by atoms with Crippen molar-refractivity contribution in [3.05, 3.63) is 53.3 Å². The number of carbonyl (C=O) groups excluding carboxylic acids is 2. The Balaban J connectivity index is 1.40. The van der Waals surface area contributed by atoms with E-state index in [0.717, 1.165) is 22.7 Å². The fourth-order valence-corrected chi connectivity index (χ4v) is 3.59. The number of carbonyl (C=O) groups is 2. The molecule has 0 aliphatic carbocycles. The van der Waals surface area contributed by atoms with Crippen molar-refractivity contribution in [1.29, 1.82) is 0 Å². The van der Waals surface area contributed by atoms with Gasteiger partial charge in [0, 0.05) is 48.7 Å². The molecule has 146 valence electrons. The second kappa shape index (κ2) is 7.46. The molecule has 3 aromatic rings. The summed E-state index contributed by atoms with van der Waals surface area (Å²) in [5, 5.41) is 7.03. The lowest BCUT2D eigenvalue weighted by molar-refractivity contribution is -0.131. The van der Waals surface area contributed by atoms with Gasteiger partial charge < -0.3 is 19.1 Å². The maximum atomic E-state index is 12.6. The minimum absolute atomic E-state index is 0.0397. The second-order valence-corrected chi connectivity index (χ2v) is 7.22. The van der Waals surface area contributed by atoms with Crippen molar-refractivity contribution >= 4 is 17.5 Å². The van der Waals surface area contributed by atoms with Crippen LogP contribution in [0.3, 0.4) is 0 Å². The molecular formula is C20H23N5O3. The monoisotopic (exact) mass is 381 g/mol. The molecule has 0 radical (unpaired) electrons. The number of nitrogens with zero attached hydrogens (tertiary/aromatic N) is 4. The quantitative estimate of drug-likeness (QED) is 0.748. The summed E-state index contributed by atoms with van der Waals surface area (Å²) < 4.78 is 7.05. The van der Waals surface area contributed by atoms with E-state index in [4.69, 9.17) is 4.52 Å². The minimum atomic E-state index is -0.137. The van der Waals surface area contributed by atoms with Crippen LogP contribution in [-0.4, -0.2) is 43.8 Å². The molecule has 1 aliphatic rings. The van der Waals surface area contributed by atoms with Crippen LogP contribution in [0.5, 0.6) is 0 Å². The largest absolute Gasteiger partial charge is 0.361 e. The third-order valence-electron chi connectivity index (χ3n) is 5.33. The predicted octanol–water partition coefficient (Wildman–Crippen LogP) is 2.25. The number of pyridine rings is 1. The Hall–Kier alpha value is -3.16. The topological polar surface area (TPSA) is 92.7 Å². The van der Waals surface area contributed by atoms with Crippen LogP contribution >= 0.6 is 0 Å². The summed E-state index contributed by atoms with van der Waals surface area (Å²) in [6.45, 7) is 4.83. The first-order valence-corrected chi connectivity index (χ1v) is 9.44. The molecule has 0 spiro atoms. The molecule has 4 heterocycles. The Kier molecular flexibility index (Phi) is 4.85. The van der Waals surface area contributed by atoms with Gasteiger partial charge in [-0.1, -0.05) is 5.16 Å². The number of imidazole rings is 1. The highest BCUT2D eigenvalue weighted by atomic mass is 16.5. The summed E-state index contributed by atoms with van der Waals surface area (Å²) in [6, 6.07) is 3.50. The molecule has 28 heavy (non-hydrogen) atoms. The summed E-state index contributed by atoms with van der Waals surface area (Å²) in [5.74, 6) is 0.700. The molecular weight excluding hydrogens is 358 g/mol. The zero-order valence-electron chi connectivity index (χ0n) is 16.0. The first-order chi connectivity index (χ1) is 13.5. The Morgan fingerprint density at radius 1 is 1.32 bits per heavy atom. The summed E-state index contributed by atoms with van der Waals surface area (Å²) in [6.07, 6.45) is 7.11. The SMILES string of the molecule is Cc1noc(C)c1CN1CCC(NC(=O)c2ccn3ccnc3c2)CCC1=O. The van der Waals surface area contributed by atoms with Crippen molar-refractivity contribution in [2.24, 2.45) is 0 Å². The van der Waals surface area contributed by atoms with Crippen LogP contribution in [0.15, 0.2) is 35.2 Å². The van der Waals surface area contributed by atoms with E-state index in [1.165, 1.54) is 0 Å². The van der Waals surface area contributed by atoms with Gasteiger partial charge in [-0.3, -0.25) is 9.59 Å². The van der Waals surface area contributed by atoms with Crippen LogP contribution in [0.1, 0.15) is 46.6 Å². The van der Waals surface area contributed by atoms with Crippen molar-refractivity contribution in [3.63, 3.8) is 0 Å². The second-order valence-electron chi connectivity index (χ2n) is 7.22. The summed E-state index contributed by atoms with van der Waals surface area (Å²) in [5.41, 5.74) is 3.08. The van der Waals surface area contributed by atoms with Crippen LogP contribution in [0.2, 0.25) is 0 Å². The maximum Gasteiger partial charge on any atom is 0.251 e. The van der Waals surface area contributed by atoms with Crippen LogP contribution in [0.25, 0.3) is 5.65 Å². The highest BCUT2D eigenvalue weighted by Crippen LogP contribution is 2.19. The zero-order valence-corrected chi connectivity index (χ0v) is 16.0. The number of aryl methyl sites for hydroxylation is 2. The molecule has 1 N–H and O–H groups in total. The van der Waals surface area contributed by atoms with Gasteiger partial charge in [-0.05, 0) is 38.8 Å². The van der Waals surface area contributed by atoms with Crippen LogP contribution in [-0.2, 0) is 11.3 Å². The van der Waals surface area contributed by atoms with Gasteiger partial charge in [0.25, 0.3) is 5.91 Å². The molecule has 4 rings (SSSR count). The molecule has 0 aromatic carbocycles. The Labute approximate surface area is 162 Å². The van der Waals surface area contributed by atoms with Gasteiger partial charge in [0.05, 0.1) is 12.2 Å². The fourth-order valence-electron chi connectivity index (χ4n) is 3.59. The maximum absolute atomic E-state index is 12.6. The molecule has 1 unspecified atom stereocenters. The Morgan fingerprint density at radius 3 is 2.96 bits per heavy atom. The number of hydrogen-bond acceptors (Lipinski definition) is 5. The standard InChI is InChI=1S/C20H23N5O3/c1-13-17(14(2)28-23-13)12-25-9-6-16(3-4-19(25)26)22-20(27)15-5-8-24-10-7-21-18(24)11-15/h5,7-8,10-11,16H,3-4,6,9,12H2,1-2H3,(H,22,27). The first kappa shape index (κ1) is 18.2. The van der Waals surface area contributed by atoms with Crippen LogP contribution in [0.4, 0.5) is 0 Å². The van der Waals surface area contributed by atoms with Gasteiger partial charge in [0.15, 0.2) is 0 Å². The zero-order chi connectivity index (χ0) is 19.7. The molecule has 1 atom stereocenters. The lowest BCUT2D eigenvalue weighted by Crippen LogP contribution is -2.36. The Bertz CT molecular complexity index is 1000. The Morgan fingerprint density at radius 2 is 2.18 bits per heavy atom. The summed E-state index contributed by atoms with van der Waals surface area (Å²) in [4.78, 5) is 31.2. The highest BCUT2D eigenvalue weighted by molar-refractivity contribution is 5.95. The van der Waals surface area contributed by atoms with Gasteiger partial charge in [0.2, 0.25) is 5.91 Å². The highest BCUT2D eigenvalue weighted by Gasteiger charge is 2.25. The number of rotatable bonds is 4. The molecule has 2 amide bonds. The predicted molar refractivity (Wildman–Crippen MR) is 102 cm³/mol. The van der Waals surface area contributed by atoms with E-state index in [-0.39, 0.29) is 17.9 Å². The summed E-state index contributed by atoms with van der Waals surface area (Å²) in [7, 11) is 0. The third kappa shape index (κ3) is 3.62. The van der Waals surface area contributed by atoms with Crippen molar-refractivity contribution in [1.82, 2.24) is 24.8 Å². The van der Waals surface area contributed by atoms with Crippen molar-refractivity contribution in [2.45, 2.75) is 45.7 Å². The molecule has 8 nitrogen and oxygen atoms in total. The van der Waals surface area contributed by atoms with Gasteiger partial charge in [-0.15, -0.1) is 0 Å². The van der Waals surface area contributed by atoms with Gasteiger partial charge in [-0.25, -0.2) is 4.98 Å². The van der Waals surface area contributed by atoms with E-state index in [1.54, 1.807) is 18.3 Å². The number of hydrogen-bond donors (Lipinski definition) is 1. The van der Waals surface area contributed by atoms with Crippen molar-refractivity contribution < 1.29 is 14.1 Å². The normalized spacial score (nSPS) is 17.7. The number of nitrogens with one attached hydrogen (secondary N) is 1. The van der Waals surface area contributed by atoms with Crippen LogP contribution in [0, 0.1) is 13.8 Å². The fraction of sp³-hybridized carbons (Fsp3) is 0.400. The third-order valence-corrected chi connectivity index (χ3v) is 5.33. The minimum Gasteiger partial charge on any atom is -0.361 e. The summed E-state index contributed by atoms with van der Waals surface area (Å²) >= 11 is 0. The molecule has 0 saturated carbocycles. The van der Waals surface area contributed by atoms with Crippen LogP contribution < -0.4 is 5.32 Å². The van der Waals surface area contributed by atoms with Crippen molar-refractivity contribution in [3.8, 4) is 0 Å². The van der Waals surface area contributed by atoms with Gasteiger partial charge in [0.1, 0.15) is 11.4 Å². The lowest BCUT2D eigenvalue weighted by atomic mass is 10.1. The molecule has 0 bridgehead atoms. The van der Waals surface area contributed by atoms with E-state index in [2.05, 4.69) is 15.5 Å². The molecule has 1 saturated heterocycles. The molecule has 1 fully saturated rings. The van der Waals surface area contributed by atoms with E-state index in [9.17, 15) is 9.59 Å². The molecule has 3 aromatic heterocycles. The number of aromatic nitrogens is 3. The number of amides is 2. The average Bonchev–Trinajstić information content (AvgIpc) is 3.23. The number of likely N-dealkylation sites (tertiary alicyclic amines) is 1. The van der Waals surface area contributed by atoms with Gasteiger partial charge >= 0.3 is 0 Å². The van der Waals surface area contributed by atoms with Crippen molar-refractivity contribution in [2.75, 3.05) is 6.54 Å². The van der Waals surface area contributed by atoms with Gasteiger partial charge in [-0.2, -0.15) is 0 Å². The average molecular weight is 381 g/mol. The first-order valence-electron chi connectivity index (χ1n) is 9.44. The van der Waals surface area contributed by atoms with E-state index in [0.29, 0.717) is 37.9 Å². The molecule has 8 heteroatoms.